The number of rotatable bonds is 3. The zero-order valence-electron chi connectivity index (χ0n) is 9.28. The molecule has 0 saturated carbocycles. The lowest BCUT2D eigenvalue weighted by atomic mass is 10.2. The number of aromatic nitrogens is 1. The molecule has 0 aliphatic rings. The maximum Gasteiger partial charge on any atom is 0.219 e. The maximum atomic E-state index is 6.04. The van der Waals surface area contributed by atoms with E-state index in [2.05, 4.69) is 4.98 Å². The van der Waals surface area contributed by atoms with Crippen molar-refractivity contribution >= 4 is 23.2 Å². The molecule has 2 aromatic rings. The maximum absolute atomic E-state index is 6.04. The zero-order chi connectivity index (χ0) is 12.3. The van der Waals surface area contributed by atoms with Gasteiger partial charge in [-0.15, -0.1) is 11.6 Å². The highest BCUT2D eigenvalue weighted by Crippen LogP contribution is 2.29. The Bertz CT molecular complexity index is 529. The molecule has 4 heteroatoms. The molecule has 0 amide bonds. The van der Waals surface area contributed by atoms with Crippen molar-refractivity contribution in [3.05, 3.63) is 52.7 Å². The minimum atomic E-state index is 0.360. The largest absolute Gasteiger partial charge is 0.437 e. The third-order valence-corrected chi connectivity index (χ3v) is 2.81. The Balaban J connectivity index is 2.27. The van der Waals surface area contributed by atoms with Crippen LogP contribution in [0.3, 0.4) is 0 Å². The highest BCUT2D eigenvalue weighted by molar-refractivity contribution is 6.32. The normalized spacial score (nSPS) is 10.3. The number of nitrogens with zero attached hydrogens (tertiary/aromatic N) is 1. The van der Waals surface area contributed by atoms with Crippen LogP contribution in [-0.2, 0) is 5.88 Å². The molecule has 0 spiro atoms. The molecule has 17 heavy (non-hydrogen) atoms. The van der Waals surface area contributed by atoms with Crippen LogP contribution >= 0.6 is 23.2 Å². The number of hydrogen-bond donors (Lipinski definition) is 0. The molecule has 0 N–H and O–H groups in total. The summed E-state index contributed by atoms with van der Waals surface area (Å²) in [5.74, 6) is 1.46. The number of hydrogen-bond acceptors (Lipinski definition) is 2. The van der Waals surface area contributed by atoms with Gasteiger partial charge in [0.1, 0.15) is 5.75 Å². The van der Waals surface area contributed by atoms with Crippen molar-refractivity contribution in [1.82, 2.24) is 4.98 Å². The number of alkyl halides is 1. The molecular weight excluding hydrogens is 257 g/mol. The number of pyridine rings is 1. The van der Waals surface area contributed by atoms with Gasteiger partial charge in [0.15, 0.2) is 0 Å². The average Bonchev–Trinajstić information content (AvgIpc) is 2.34. The second-order valence-electron chi connectivity index (χ2n) is 3.64. The van der Waals surface area contributed by atoms with E-state index in [9.17, 15) is 0 Å². The lowest BCUT2D eigenvalue weighted by Crippen LogP contribution is -1.92. The lowest BCUT2D eigenvalue weighted by molar-refractivity contribution is 0.461. The first-order valence-corrected chi connectivity index (χ1v) is 6.06. The van der Waals surface area contributed by atoms with Crippen LogP contribution < -0.4 is 4.74 Å². The van der Waals surface area contributed by atoms with E-state index in [-0.39, 0.29) is 0 Å². The highest BCUT2D eigenvalue weighted by atomic mass is 35.5. The van der Waals surface area contributed by atoms with Crippen molar-refractivity contribution in [3.8, 4) is 11.6 Å². The van der Waals surface area contributed by atoms with E-state index in [0.717, 1.165) is 11.3 Å². The van der Waals surface area contributed by atoms with Crippen molar-refractivity contribution < 1.29 is 4.74 Å². The van der Waals surface area contributed by atoms with Gasteiger partial charge in [-0.25, -0.2) is 4.98 Å². The van der Waals surface area contributed by atoms with E-state index >= 15 is 0 Å². The van der Waals surface area contributed by atoms with Gasteiger partial charge in [0.05, 0.1) is 16.6 Å². The van der Waals surface area contributed by atoms with Crippen LogP contribution in [0.5, 0.6) is 11.6 Å². The Morgan fingerprint density at radius 3 is 2.82 bits per heavy atom. The molecule has 0 unspecified atom stereocenters. The molecule has 1 aromatic carbocycles. The van der Waals surface area contributed by atoms with E-state index in [0.29, 0.717) is 22.5 Å². The summed E-state index contributed by atoms with van der Waals surface area (Å²) >= 11 is 11.8. The molecular formula is C13H11Cl2NO. The summed E-state index contributed by atoms with van der Waals surface area (Å²) in [5.41, 5.74) is 1.85. The Hall–Kier alpha value is -1.25. The molecule has 1 aromatic heterocycles. The Morgan fingerprint density at radius 1 is 1.24 bits per heavy atom. The van der Waals surface area contributed by atoms with Crippen molar-refractivity contribution in [2.75, 3.05) is 0 Å². The molecule has 2 nitrogen and oxygen atoms in total. The molecule has 0 aliphatic carbocycles. The highest BCUT2D eigenvalue weighted by Gasteiger charge is 2.05. The Labute approximate surface area is 110 Å². The van der Waals surface area contributed by atoms with Crippen molar-refractivity contribution in [3.63, 3.8) is 0 Å². The number of halogens is 2. The SMILES string of the molecule is Cc1ccc(Cl)c(Oc2cccc(CCl)n2)c1. The van der Waals surface area contributed by atoms with Gasteiger partial charge in [-0.2, -0.15) is 0 Å². The van der Waals surface area contributed by atoms with Gasteiger partial charge in [0.25, 0.3) is 0 Å². The summed E-state index contributed by atoms with van der Waals surface area (Å²) < 4.78 is 5.63. The van der Waals surface area contributed by atoms with E-state index in [4.69, 9.17) is 27.9 Å². The molecule has 88 valence electrons. The molecule has 2 rings (SSSR count). The van der Waals surface area contributed by atoms with Crippen molar-refractivity contribution in [1.29, 1.82) is 0 Å². The van der Waals surface area contributed by atoms with Crippen LogP contribution in [0, 0.1) is 6.92 Å². The first-order valence-electron chi connectivity index (χ1n) is 5.15. The van der Waals surface area contributed by atoms with E-state index < -0.39 is 0 Å². The summed E-state index contributed by atoms with van der Waals surface area (Å²) in [6.45, 7) is 1.98. The van der Waals surface area contributed by atoms with Crippen LogP contribution in [-0.4, -0.2) is 4.98 Å². The van der Waals surface area contributed by atoms with Gasteiger partial charge in [-0.3, -0.25) is 0 Å². The molecule has 0 radical (unpaired) electrons. The Morgan fingerprint density at radius 2 is 2.06 bits per heavy atom. The number of ether oxygens (including phenoxy) is 1. The summed E-state index contributed by atoms with van der Waals surface area (Å²) in [6.07, 6.45) is 0. The second-order valence-corrected chi connectivity index (χ2v) is 4.31. The summed E-state index contributed by atoms with van der Waals surface area (Å²) in [6, 6.07) is 11.1. The number of aryl methyl sites for hydroxylation is 1. The zero-order valence-corrected chi connectivity index (χ0v) is 10.8. The quantitative estimate of drug-likeness (QED) is 0.760. The van der Waals surface area contributed by atoms with Gasteiger partial charge in [0, 0.05) is 6.07 Å². The smallest absolute Gasteiger partial charge is 0.219 e. The van der Waals surface area contributed by atoms with Gasteiger partial charge in [-0.1, -0.05) is 23.7 Å². The van der Waals surface area contributed by atoms with Crippen LogP contribution in [0.15, 0.2) is 36.4 Å². The van der Waals surface area contributed by atoms with Crippen molar-refractivity contribution in [2.45, 2.75) is 12.8 Å². The van der Waals surface area contributed by atoms with Crippen LogP contribution in [0.1, 0.15) is 11.3 Å². The monoisotopic (exact) mass is 267 g/mol. The van der Waals surface area contributed by atoms with Gasteiger partial charge >= 0.3 is 0 Å². The van der Waals surface area contributed by atoms with Gasteiger partial charge < -0.3 is 4.74 Å². The average molecular weight is 268 g/mol. The van der Waals surface area contributed by atoms with Gasteiger partial charge in [0.2, 0.25) is 5.88 Å². The van der Waals surface area contributed by atoms with Crippen LogP contribution in [0.25, 0.3) is 0 Å². The predicted molar refractivity (Wildman–Crippen MR) is 70.1 cm³/mol. The minimum Gasteiger partial charge on any atom is -0.437 e. The fourth-order valence-corrected chi connectivity index (χ4v) is 1.70. The fourth-order valence-electron chi connectivity index (χ4n) is 1.39. The molecule has 0 saturated heterocycles. The Kier molecular flexibility index (Phi) is 3.87. The molecule has 0 fully saturated rings. The van der Waals surface area contributed by atoms with E-state index in [1.54, 1.807) is 12.1 Å². The fraction of sp³-hybridized carbons (Fsp3) is 0.154. The molecule has 0 aliphatic heterocycles. The second kappa shape index (κ2) is 5.39. The summed E-state index contributed by atoms with van der Waals surface area (Å²) in [7, 11) is 0. The standard InChI is InChI=1S/C13H11Cl2NO/c1-9-5-6-11(15)12(7-9)17-13-4-2-3-10(8-14)16-13/h2-7H,8H2,1H3. The molecule has 0 bridgehead atoms. The lowest BCUT2D eigenvalue weighted by Gasteiger charge is -2.08. The van der Waals surface area contributed by atoms with Crippen LogP contribution in [0.4, 0.5) is 0 Å². The third-order valence-electron chi connectivity index (χ3n) is 2.22. The number of benzene rings is 1. The summed E-state index contributed by atoms with van der Waals surface area (Å²) in [5, 5.41) is 0.564. The first-order chi connectivity index (χ1) is 8.19. The minimum absolute atomic E-state index is 0.360. The molecule has 0 atom stereocenters. The van der Waals surface area contributed by atoms with Crippen LogP contribution in [0.2, 0.25) is 5.02 Å². The van der Waals surface area contributed by atoms with Gasteiger partial charge in [-0.05, 0) is 30.7 Å². The predicted octanol–water partition coefficient (Wildman–Crippen LogP) is 4.57. The third kappa shape index (κ3) is 3.11. The molecule has 1 heterocycles. The van der Waals surface area contributed by atoms with E-state index in [1.165, 1.54) is 0 Å². The summed E-state index contributed by atoms with van der Waals surface area (Å²) in [4.78, 5) is 4.24. The van der Waals surface area contributed by atoms with E-state index in [1.807, 2.05) is 31.2 Å². The first kappa shape index (κ1) is 12.2. The van der Waals surface area contributed by atoms with Crippen molar-refractivity contribution in [2.24, 2.45) is 0 Å². The topological polar surface area (TPSA) is 22.1 Å².